The number of pyridine rings is 1. The number of halogens is 6. The van der Waals surface area contributed by atoms with Gasteiger partial charge in [-0.2, -0.15) is 26.3 Å². The van der Waals surface area contributed by atoms with Gasteiger partial charge in [0.05, 0.1) is 11.1 Å². The summed E-state index contributed by atoms with van der Waals surface area (Å²) < 4.78 is 74.8. The first-order valence-electron chi connectivity index (χ1n) is 6.05. The van der Waals surface area contributed by atoms with Crippen LogP contribution in [-0.2, 0) is 12.4 Å². The molecule has 2 nitrogen and oxygen atoms in total. The number of aromatic nitrogens is 1. The van der Waals surface area contributed by atoms with Crippen LogP contribution in [0.3, 0.4) is 0 Å². The second-order valence-corrected chi connectivity index (χ2v) is 4.59. The van der Waals surface area contributed by atoms with E-state index in [-0.39, 0.29) is 11.4 Å². The van der Waals surface area contributed by atoms with Crippen molar-refractivity contribution in [3.63, 3.8) is 0 Å². The van der Waals surface area contributed by atoms with Gasteiger partial charge >= 0.3 is 12.4 Å². The van der Waals surface area contributed by atoms with E-state index in [4.69, 9.17) is 0 Å². The predicted octanol–water partition coefficient (Wildman–Crippen LogP) is 5.17. The molecule has 1 N–H and O–H groups in total. The van der Waals surface area contributed by atoms with Gasteiger partial charge in [0.25, 0.3) is 0 Å². The van der Waals surface area contributed by atoms with Gasteiger partial charge in [0, 0.05) is 11.9 Å². The highest BCUT2D eigenvalue weighted by atomic mass is 19.4. The molecule has 0 bridgehead atoms. The lowest BCUT2D eigenvalue weighted by Gasteiger charge is -2.12. The lowest BCUT2D eigenvalue weighted by molar-refractivity contribution is -0.138. The molecule has 1 heterocycles. The molecule has 1 aromatic heterocycles. The Labute approximate surface area is 121 Å². The first-order chi connectivity index (χ1) is 10.1. The molecule has 118 valence electrons. The summed E-state index contributed by atoms with van der Waals surface area (Å²) in [6, 6.07) is 5.03. The number of nitrogens with one attached hydrogen (secondary N) is 1. The molecule has 0 unspecified atom stereocenters. The van der Waals surface area contributed by atoms with Crippen molar-refractivity contribution in [3.05, 3.63) is 53.2 Å². The predicted molar refractivity (Wildman–Crippen MR) is 68.7 cm³/mol. The average Bonchev–Trinajstić information content (AvgIpc) is 2.39. The summed E-state index contributed by atoms with van der Waals surface area (Å²) in [5.41, 5.74) is -1.17. The Bertz CT molecular complexity index is 659. The van der Waals surface area contributed by atoms with Gasteiger partial charge < -0.3 is 5.32 Å². The molecule has 22 heavy (non-hydrogen) atoms. The summed E-state index contributed by atoms with van der Waals surface area (Å²) in [6.07, 6.45) is -8.27. The molecule has 0 saturated heterocycles. The van der Waals surface area contributed by atoms with Crippen LogP contribution < -0.4 is 5.32 Å². The van der Waals surface area contributed by atoms with Crippen LogP contribution in [0.25, 0.3) is 0 Å². The number of hydrogen-bond acceptors (Lipinski definition) is 2. The van der Waals surface area contributed by atoms with Crippen LogP contribution in [0.2, 0.25) is 0 Å². The van der Waals surface area contributed by atoms with Crippen LogP contribution in [0, 0.1) is 6.92 Å². The summed E-state index contributed by atoms with van der Waals surface area (Å²) in [7, 11) is 0. The molecule has 1 aromatic carbocycles. The third-order valence-electron chi connectivity index (χ3n) is 2.88. The summed E-state index contributed by atoms with van der Waals surface area (Å²) in [5, 5.41) is 2.68. The number of alkyl halides is 6. The first-order valence-corrected chi connectivity index (χ1v) is 6.05. The van der Waals surface area contributed by atoms with Gasteiger partial charge in [-0.3, -0.25) is 0 Å². The second kappa shape index (κ2) is 5.51. The third kappa shape index (κ3) is 3.69. The molecule has 8 heteroatoms. The maximum Gasteiger partial charge on any atom is 0.417 e. The zero-order valence-corrected chi connectivity index (χ0v) is 11.2. The SMILES string of the molecule is Cc1cc(C(F)(F)F)cnc1Nc1ccc(C(F)(F)F)cc1. The standard InChI is InChI=1S/C14H10F6N2/c1-8-6-10(14(18,19)20)7-21-12(8)22-11-4-2-9(3-5-11)13(15,16)17/h2-7H,1H3,(H,21,22). The highest BCUT2D eigenvalue weighted by molar-refractivity contribution is 5.59. The number of aryl methyl sites for hydroxylation is 1. The van der Waals surface area contributed by atoms with Gasteiger partial charge in [-0.25, -0.2) is 4.98 Å². The number of nitrogens with zero attached hydrogens (tertiary/aromatic N) is 1. The highest BCUT2D eigenvalue weighted by Gasteiger charge is 2.31. The van der Waals surface area contributed by atoms with E-state index in [1.54, 1.807) is 0 Å². The monoisotopic (exact) mass is 320 g/mol. The Morgan fingerprint density at radius 3 is 1.86 bits per heavy atom. The molecule has 2 rings (SSSR count). The van der Waals surface area contributed by atoms with E-state index in [1.165, 1.54) is 19.1 Å². The lowest BCUT2D eigenvalue weighted by Crippen LogP contribution is -2.07. The van der Waals surface area contributed by atoms with Gasteiger partial charge in [-0.05, 0) is 42.8 Å². The minimum absolute atomic E-state index is 0.146. The fourth-order valence-corrected chi connectivity index (χ4v) is 1.74. The van der Waals surface area contributed by atoms with E-state index in [1.807, 2.05) is 0 Å². The smallest absolute Gasteiger partial charge is 0.340 e. The minimum Gasteiger partial charge on any atom is -0.340 e. The van der Waals surface area contributed by atoms with Crippen molar-refractivity contribution in [1.29, 1.82) is 0 Å². The van der Waals surface area contributed by atoms with Gasteiger partial charge in [-0.15, -0.1) is 0 Å². The minimum atomic E-state index is -4.50. The second-order valence-electron chi connectivity index (χ2n) is 4.59. The first kappa shape index (κ1) is 16.1. The quantitative estimate of drug-likeness (QED) is 0.772. The van der Waals surface area contributed by atoms with Crippen molar-refractivity contribution in [3.8, 4) is 0 Å². The molecule has 0 amide bonds. The summed E-state index contributed by atoms with van der Waals surface area (Å²) >= 11 is 0. The number of hydrogen-bond donors (Lipinski definition) is 1. The van der Waals surface area contributed by atoms with Crippen molar-refractivity contribution in [2.24, 2.45) is 0 Å². The molecule has 0 atom stereocenters. The topological polar surface area (TPSA) is 24.9 Å². The number of benzene rings is 1. The summed E-state index contributed by atoms with van der Waals surface area (Å²) in [6.45, 7) is 1.43. The van der Waals surface area contributed by atoms with Crippen LogP contribution in [0.4, 0.5) is 37.8 Å². The third-order valence-corrected chi connectivity index (χ3v) is 2.88. The van der Waals surface area contributed by atoms with E-state index in [2.05, 4.69) is 10.3 Å². The number of rotatable bonds is 2. The Morgan fingerprint density at radius 1 is 0.864 bits per heavy atom. The fraction of sp³-hybridized carbons (Fsp3) is 0.214. The van der Waals surface area contributed by atoms with Gasteiger partial charge in [0.15, 0.2) is 0 Å². The van der Waals surface area contributed by atoms with Crippen molar-refractivity contribution < 1.29 is 26.3 Å². The average molecular weight is 320 g/mol. The zero-order chi connectivity index (χ0) is 16.5. The van der Waals surface area contributed by atoms with Gasteiger partial charge in [0.2, 0.25) is 0 Å². The fourth-order valence-electron chi connectivity index (χ4n) is 1.74. The van der Waals surface area contributed by atoms with Crippen LogP contribution in [0.5, 0.6) is 0 Å². The van der Waals surface area contributed by atoms with Crippen molar-refractivity contribution in [2.75, 3.05) is 5.32 Å². The zero-order valence-electron chi connectivity index (χ0n) is 11.2. The van der Waals surface area contributed by atoms with E-state index in [9.17, 15) is 26.3 Å². The van der Waals surface area contributed by atoms with Gasteiger partial charge in [-0.1, -0.05) is 0 Å². The molecule has 0 fully saturated rings. The molecule has 0 aliphatic rings. The van der Waals surface area contributed by atoms with Crippen LogP contribution >= 0.6 is 0 Å². The van der Waals surface area contributed by atoms with Crippen molar-refractivity contribution in [1.82, 2.24) is 4.98 Å². The van der Waals surface area contributed by atoms with E-state index in [0.29, 0.717) is 11.9 Å². The largest absolute Gasteiger partial charge is 0.417 e. The Morgan fingerprint density at radius 2 is 1.41 bits per heavy atom. The summed E-state index contributed by atoms with van der Waals surface area (Å²) in [4.78, 5) is 3.66. The van der Waals surface area contributed by atoms with E-state index >= 15 is 0 Å². The Balaban J connectivity index is 2.21. The lowest BCUT2D eigenvalue weighted by atomic mass is 10.1. The van der Waals surface area contributed by atoms with Gasteiger partial charge in [0.1, 0.15) is 5.82 Å². The van der Waals surface area contributed by atoms with E-state index < -0.39 is 23.5 Å². The van der Waals surface area contributed by atoms with Crippen LogP contribution in [0.15, 0.2) is 36.5 Å². The molecular weight excluding hydrogens is 310 g/mol. The maximum atomic E-state index is 12.5. The molecule has 0 saturated carbocycles. The molecule has 0 aliphatic heterocycles. The normalized spacial score (nSPS) is 12.3. The molecular formula is C14H10F6N2. The molecule has 0 spiro atoms. The van der Waals surface area contributed by atoms with Crippen molar-refractivity contribution >= 4 is 11.5 Å². The highest BCUT2D eigenvalue weighted by Crippen LogP contribution is 2.32. The van der Waals surface area contributed by atoms with Crippen LogP contribution in [-0.4, -0.2) is 4.98 Å². The molecule has 2 aromatic rings. The van der Waals surface area contributed by atoms with E-state index in [0.717, 1.165) is 18.2 Å². The Hall–Kier alpha value is -2.25. The Kier molecular flexibility index (Phi) is 4.04. The molecule has 0 aliphatic carbocycles. The number of anilines is 2. The van der Waals surface area contributed by atoms with Crippen LogP contribution in [0.1, 0.15) is 16.7 Å². The molecule has 0 radical (unpaired) electrons. The summed E-state index contributed by atoms with van der Waals surface area (Å²) in [5.74, 6) is 0.146. The van der Waals surface area contributed by atoms with Crippen molar-refractivity contribution in [2.45, 2.75) is 19.3 Å². The maximum absolute atomic E-state index is 12.5.